The van der Waals surface area contributed by atoms with Crippen LogP contribution in [0.4, 0.5) is 0 Å². The molecule has 0 unspecified atom stereocenters. The van der Waals surface area contributed by atoms with Gasteiger partial charge in [0, 0.05) is 19.6 Å². The van der Waals surface area contributed by atoms with E-state index in [4.69, 9.17) is 0 Å². The number of rotatable bonds is 7. The molecule has 0 radical (unpaired) electrons. The van der Waals surface area contributed by atoms with Crippen molar-refractivity contribution >= 4 is 16.1 Å². The summed E-state index contributed by atoms with van der Waals surface area (Å²) in [7, 11) is -3.44. The van der Waals surface area contributed by atoms with Crippen LogP contribution in [0.3, 0.4) is 0 Å². The zero-order chi connectivity index (χ0) is 18.4. The van der Waals surface area contributed by atoms with Crippen molar-refractivity contribution < 1.29 is 8.42 Å². The first-order chi connectivity index (χ1) is 12.6. The molecule has 2 aromatic rings. The van der Waals surface area contributed by atoms with Crippen LogP contribution in [0.5, 0.6) is 0 Å². The van der Waals surface area contributed by atoms with Crippen molar-refractivity contribution in [3.05, 3.63) is 71.8 Å². The largest absolute Gasteiger partial charge is 0.303 e. The van der Waals surface area contributed by atoms with Gasteiger partial charge in [-0.05, 0) is 54.6 Å². The molecule has 0 atom stereocenters. The predicted octanol–water partition coefficient (Wildman–Crippen LogP) is 3.10. The topological polar surface area (TPSA) is 49.4 Å². The Hall–Kier alpha value is -1.95. The van der Waals surface area contributed by atoms with Gasteiger partial charge < -0.3 is 4.90 Å². The number of fused-ring (bicyclic) bond motifs is 1. The maximum Gasteiger partial charge on any atom is 0.240 e. The fraction of sp³-hybridized carbons (Fsp3) is 0.333. The quantitative estimate of drug-likeness (QED) is 0.762. The molecule has 2 aromatic carbocycles. The Bertz CT molecular complexity index is 818. The van der Waals surface area contributed by atoms with Gasteiger partial charge in [-0.25, -0.2) is 13.1 Å². The Morgan fingerprint density at radius 3 is 2.19 bits per heavy atom. The lowest BCUT2D eigenvalue weighted by molar-refractivity contribution is 0.284. The van der Waals surface area contributed by atoms with Crippen LogP contribution in [-0.2, 0) is 22.9 Å². The second-order valence-electron chi connectivity index (χ2n) is 6.63. The second kappa shape index (κ2) is 8.62. The highest BCUT2D eigenvalue weighted by Gasteiger charge is 2.15. The Labute approximate surface area is 156 Å². The molecule has 0 bridgehead atoms. The molecule has 26 heavy (non-hydrogen) atoms. The van der Waals surface area contributed by atoms with E-state index in [0.717, 1.165) is 44.5 Å². The fourth-order valence-electron chi connectivity index (χ4n) is 3.31. The SMILES string of the molecule is C=Cc1ccc(S(=O)(=O)NCCCN2CCc3ccccc3CC2)cc1. The van der Waals surface area contributed by atoms with Gasteiger partial charge >= 0.3 is 0 Å². The summed E-state index contributed by atoms with van der Waals surface area (Å²) >= 11 is 0. The minimum absolute atomic E-state index is 0.299. The van der Waals surface area contributed by atoms with Crippen molar-refractivity contribution in [1.29, 1.82) is 0 Å². The highest BCUT2D eigenvalue weighted by atomic mass is 32.2. The summed E-state index contributed by atoms with van der Waals surface area (Å²) in [5, 5.41) is 0. The van der Waals surface area contributed by atoms with Crippen LogP contribution in [0.25, 0.3) is 6.08 Å². The van der Waals surface area contributed by atoms with Gasteiger partial charge in [-0.3, -0.25) is 0 Å². The van der Waals surface area contributed by atoms with Crippen LogP contribution in [0.2, 0.25) is 0 Å². The van der Waals surface area contributed by atoms with Gasteiger partial charge in [0.05, 0.1) is 4.90 Å². The highest BCUT2D eigenvalue weighted by molar-refractivity contribution is 7.89. The Balaban J connectivity index is 1.45. The van der Waals surface area contributed by atoms with Gasteiger partial charge in [-0.15, -0.1) is 0 Å². The van der Waals surface area contributed by atoms with E-state index in [-0.39, 0.29) is 0 Å². The Morgan fingerprint density at radius 1 is 1.00 bits per heavy atom. The van der Waals surface area contributed by atoms with Crippen molar-refractivity contribution in [3.8, 4) is 0 Å². The lowest BCUT2D eigenvalue weighted by Crippen LogP contribution is -2.31. The monoisotopic (exact) mass is 370 g/mol. The molecule has 0 fully saturated rings. The summed E-state index contributed by atoms with van der Waals surface area (Å²) in [5.41, 5.74) is 3.79. The first kappa shape index (κ1) is 18.8. The van der Waals surface area contributed by atoms with Crippen LogP contribution < -0.4 is 4.72 Å². The molecule has 4 nitrogen and oxygen atoms in total. The van der Waals surface area contributed by atoms with E-state index < -0.39 is 10.0 Å². The van der Waals surface area contributed by atoms with Crippen molar-refractivity contribution in [2.75, 3.05) is 26.2 Å². The molecule has 1 aliphatic rings. The van der Waals surface area contributed by atoms with E-state index in [0.29, 0.717) is 11.4 Å². The van der Waals surface area contributed by atoms with E-state index >= 15 is 0 Å². The van der Waals surface area contributed by atoms with Gasteiger partial charge in [0.15, 0.2) is 0 Å². The van der Waals surface area contributed by atoms with E-state index in [1.165, 1.54) is 11.1 Å². The summed E-state index contributed by atoms with van der Waals surface area (Å²) < 4.78 is 27.4. The number of hydrogen-bond acceptors (Lipinski definition) is 3. The van der Waals surface area contributed by atoms with Gasteiger partial charge in [0.1, 0.15) is 0 Å². The molecule has 0 amide bonds. The first-order valence-electron chi connectivity index (χ1n) is 9.10. The molecule has 0 aromatic heterocycles. The number of hydrogen-bond donors (Lipinski definition) is 1. The maximum atomic E-state index is 12.3. The third kappa shape index (κ3) is 4.81. The van der Waals surface area contributed by atoms with E-state index in [2.05, 4.69) is 40.5 Å². The van der Waals surface area contributed by atoms with Gasteiger partial charge in [-0.2, -0.15) is 0 Å². The van der Waals surface area contributed by atoms with E-state index in [1.807, 2.05) is 0 Å². The highest BCUT2D eigenvalue weighted by Crippen LogP contribution is 2.15. The third-order valence-electron chi connectivity index (χ3n) is 4.88. The molecular weight excluding hydrogens is 344 g/mol. The third-order valence-corrected chi connectivity index (χ3v) is 6.36. The molecule has 0 saturated heterocycles. The molecule has 1 aliphatic heterocycles. The van der Waals surface area contributed by atoms with Crippen LogP contribution in [0, 0.1) is 0 Å². The average molecular weight is 371 g/mol. The van der Waals surface area contributed by atoms with Crippen molar-refractivity contribution in [2.24, 2.45) is 0 Å². The summed E-state index contributed by atoms with van der Waals surface area (Å²) in [5.74, 6) is 0. The van der Waals surface area contributed by atoms with Crippen molar-refractivity contribution in [2.45, 2.75) is 24.2 Å². The first-order valence-corrected chi connectivity index (χ1v) is 10.6. The van der Waals surface area contributed by atoms with E-state index in [1.54, 1.807) is 30.3 Å². The van der Waals surface area contributed by atoms with Gasteiger partial charge in [0.25, 0.3) is 0 Å². The molecule has 0 aliphatic carbocycles. The Morgan fingerprint density at radius 2 is 1.62 bits per heavy atom. The summed E-state index contributed by atoms with van der Waals surface area (Å²) in [4.78, 5) is 2.72. The average Bonchev–Trinajstić information content (AvgIpc) is 2.88. The van der Waals surface area contributed by atoms with Gasteiger partial charge in [-0.1, -0.05) is 49.1 Å². The lowest BCUT2D eigenvalue weighted by atomic mass is 10.0. The molecule has 3 rings (SSSR count). The zero-order valence-electron chi connectivity index (χ0n) is 15.0. The molecule has 1 heterocycles. The van der Waals surface area contributed by atoms with Crippen LogP contribution in [0.1, 0.15) is 23.1 Å². The molecule has 5 heteroatoms. The van der Waals surface area contributed by atoms with Crippen LogP contribution in [0.15, 0.2) is 60.0 Å². The molecule has 138 valence electrons. The molecular formula is C21H26N2O2S. The van der Waals surface area contributed by atoms with Crippen molar-refractivity contribution in [3.63, 3.8) is 0 Å². The van der Waals surface area contributed by atoms with E-state index in [9.17, 15) is 8.42 Å². The normalized spacial score (nSPS) is 15.2. The molecule has 1 N–H and O–H groups in total. The molecule has 0 spiro atoms. The maximum absolute atomic E-state index is 12.3. The molecule has 0 saturated carbocycles. The Kier molecular flexibility index (Phi) is 6.25. The number of benzene rings is 2. The number of nitrogens with zero attached hydrogens (tertiary/aromatic N) is 1. The zero-order valence-corrected chi connectivity index (χ0v) is 15.8. The minimum atomic E-state index is -3.44. The standard InChI is InChI=1S/C21H26N2O2S/c1-2-18-8-10-21(11-9-18)26(24,25)22-14-5-15-23-16-12-19-6-3-4-7-20(19)13-17-23/h2-4,6-11,22H,1,5,12-17H2. The van der Waals surface area contributed by atoms with Crippen molar-refractivity contribution in [1.82, 2.24) is 9.62 Å². The summed E-state index contributed by atoms with van der Waals surface area (Å²) in [6.45, 7) is 7.11. The van der Waals surface area contributed by atoms with Crippen LogP contribution in [-0.4, -0.2) is 39.5 Å². The summed E-state index contributed by atoms with van der Waals surface area (Å²) in [6.07, 6.45) is 4.64. The number of sulfonamides is 1. The number of nitrogens with one attached hydrogen (secondary N) is 1. The smallest absolute Gasteiger partial charge is 0.240 e. The second-order valence-corrected chi connectivity index (χ2v) is 8.40. The predicted molar refractivity (Wildman–Crippen MR) is 107 cm³/mol. The lowest BCUT2D eigenvalue weighted by Gasteiger charge is -2.19. The van der Waals surface area contributed by atoms with Gasteiger partial charge in [0.2, 0.25) is 10.0 Å². The minimum Gasteiger partial charge on any atom is -0.303 e. The van der Waals surface area contributed by atoms with Crippen LogP contribution >= 0.6 is 0 Å². The fourth-order valence-corrected chi connectivity index (χ4v) is 4.39. The summed E-state index contributed by atoms with van der Waals surface area (Å²) in [6, 6.07) is 15.4.